The molecule has 1 saturated heterocycles. The molecule has 2 heterocycles. The lowest BCUT2D eigenvalue weighted by molar-refractivity contribution is -0.128. The number of likely N-dealkylation sites (N-methyl/N-ethyl adjacent to an activating group) is 1. The molecule has 26 heavy (non-hydrogen) atoms. The summed E-state index contributed by atoms with van der Waals surface area (Å²) in [6.07, 6.45) is 4.93. The zero-order valence-corrected chi connectivity index (χ0v) is 17.9. The van der Waals surface area contributed by atoms with Crippen LogP contribution in [0, 0.1) is 0 Å². The summed E-state index contributed by atoms with van der Waals surface area (Å²) in [7, 11) is 1.80. The first-order valence-corrected chi connectivity index (χ1v) is 8.96. The average molecular weight is 475 g/mol. The Morgan fingerprint density at radius 2 is 2.27 bits per heavy atom. The smallest absolute Gasteiger partial charge is 0.244 e. The normalized spacial score (nSPS) is 16.7. The van der Waals surface area contributed by atoms with Gasteiger partial charge in [-0.1, -0.05) is 6.07 Å². The number of nitrogens with zero attached hydrogens (tertiary/aromatic N) is 3. The third kappa shape index (κ3) is 8.31. The Hall–Kier alpha value is -1.42. The number of carbonyl (C=O) groups excluding carboxylic acids is 1. The molecule has 1 unspecified atom stereocenters. The van der Waals surface area contributed by atoms with Crippen LogP contribution in [0.25, 0.3) is 0 Å². The first kappa shape index (κ1) is 22.6. The molecular weight excluding hydrogens is 445 g/mol. The second-order valence-electron chi connectivity index (χ2n) is 6.10. The zero-order valence-electron chi connectivity index (χ0n) is 15.6. The highest BCUT2D eigenvalue weighted by atomic mass is 127. The predicted molar refractivity (Wildman–Crippen MR) is 114 cm³/mol. The van der Waals surface area contributed by atoms with E-state index in [9.17, 15) is 4.79 Å². The Balaban J connectivity index is 0.00000338. The molecular formula is C18H30IN5O2. The lowest BCUT2D eigenvalue weighted by atomic mass is 10.2. The van der Waals surface area contributed by atoms with E-state index in [1.54, 1.807) is 18.1 Å². The van der Waals surface area contributed by atoms with E-state index in [4.69, 9.17) is 4.74 Å². The van der Waals surface area contributed by atoms with Gasteiger partial charge >= 0.3 is 0 Å². The molecule has 2 N–H and O–H groups in total. The number of hydrogen-bond donors (Lipinski definition) is 2. The molecule has 2 rings (SSSR count). The van der Waals surface area contributed by atoms with Crippen molar-refractivity contribution >= 4 is 35.8 Å². The van der Waals surface area contributed by atoms with Crippen molar-refractivity contribution in [3.63, 3.8) is 0 Å². The van der Waals surface area contributed by atoms with Crippen molar-refractivity contribution in [3.05, 3.63) is 30.1 Å². The summed E-state index contributed by atoms with van der Waals surface area (Å²) >= 11 is 0. The van der Waals surface area contributed by atoms with Crippen LogP contribution >= 0.6 is 24.0 Å². The topological polar surface area (TPSA) is 78.9 Å². The van der Waals surface area contributed by atoms with Gasteiger partial charge in [0.1, 0.15) is 6.54 Å². The maximum absolute atomic E-state index is 12.3. The molecule has 1 atom stereocenters. The Morgan fingerprint density at radius 1 is 1.42 bits per heavy atom. The van der Waals surface area contributed by atoms with Crippen LogP contribution in [-0.2, 0) is 16.0 Å². The fourth-order valence-corrected chi connectivity index (χ4v) is 2.58. The van der Waals surface area contributed by atoms with Crippen molar-refractivity contribution in [1.82, 2.24) is 20.5 Å². The standard InChI is InChI=1S/C18H29N5O2.HI/c1-3-19-18(21-13-16-8-6-12-25-16)22-14-17(24)23(2)11-9-15-7-4-5-10-20-15;/h4-5,7,10,16H,3,6,8-9,11-14H2,1-2H3,(H2,19,21,22);1H. The highest BCUT2D eigenvalue weighted by Gasteiger charge is 2.15. The van der Waals surface area contributed by atoms with Crippen LogP contribution in [0.2, 0.25) is 0 Å². The highest BCUT2D eigenvalue weighted by Crippen LogP contribution is 2.10. The van der Waals surface area contributed by atoms with E-state index in [1.807, 2.05) is 25.1 Å². The van der Waals surface area contributed by atoms with Gasteiger partial charge in [-0.3, -0.25) is 9.78 Å². The lowest BCUT2D eigenvalue weighted by Crippen LogP contribution is -2.42. The quantitative estimate of drug-likeness (QED) is 0.338. The number of aromatic nitrogens is 1. The van der Waals surface area contributed by atoms with Gasteiger partial charge in [-0.05, 0) is 31.9 Å². The summed E-state index contributed by atoms with van der Waals surface area (Å²) in [5.74, 6) is 0.648. The van der Waals surface area contributed by atoms with Crippen molar-refractivity contribution in [2.45, 2.75) is 32.3 Å². The summed E-state index contributed by atoms with van der Waals surface area (Å²) in [6, 6.07) is 5.81. The molecule has 0 bridgehead atoms. The van der Waals surface area contributed by atoms with Crippen LogP contribution in [0.5, 0.6) is 0 Å². The molecule has 0 radical (unpaired) electrons. The van der Waals surface area contributed by atoms with Gasteiger partial charge in [-0.15, -0.1) is 24.0 Å². The second kappa shape index (κ2) is 12.9. The molecule has 1 aliphatic heterocycles. The lowest BCUT2D eigenvalue weighted by Gasteiger charge is -2.17. The number of amides is 1. The van der Waals surface area contributed by atoms with E-state index in [-0.39, 0.29) is 42.5 Å². The van der Waals surface area contributed by atoms with Gasteiger partial charge in [0.2, 0.25) is 5.91 Å². The third-order valence-electron chi connectivity index (χ3n) is 4.09. The number of aliphatic imine (C=N–C) groups is 1. The number of carbonyl (C=O) groups is 1. The Kier molecular flexibility index (Phi) is 11.2. The molecule has 0 aliphatic carbocycles. The minimum absolute atomic E-state index is 0. The van der Waals surface area contributed by atoms with Crippen LogP contribution in [0.15, 0.2) is 29.4 Å². The number of guanidine groups is 1. The molecule has 8 heteroatoms. The van der Waals surface area contributed by atoms with Gasteiger partial charge in [0.25, 0.3) is 0 Å². The summed E-state index contributed by atoms with van der Waals surface area (Å²) in [6.45, 7) is 5.06. The van der Waals surface area contributed by atoms with Gasteiger partial charge in [-0.25, -0.2) is 4.99 Å². The van der Waals surface area contributed by atoms with E-state index in [0.717, 1.165) is 44.7 Å². The van der Waals surface area contributed by atoms with Gasteiger partial charge < -0.3 is 20.3 Å². The fourth-order valence-electron chi connectivity index (χ4n) is 2.58. The van der Waals surface area contributed by atoms with Gasteiger partial charge in [0, 0.05) is 51.6 Å². The molecule has 1 amide bonds. The first-order valence-electron chi connectivity index (χ1n) is 8.96. The summed E-state index contributed by atoms with van der Waals surface area (Å²) in [5.41, 5.74) is 0.984. The van der Waals surface area contributed by atoms with Crippen LogP contribution in [0.1, 0.15) is 25.5 Å². The van der Waals surface area contributed by atoms with Crippen molar-refractivity contribution in [1.29, 1.82) is 0 Å². The zero-order chi connectivity index (χ0) is 17.9. The van der Waals surface area contributed by atoms with Gasteiger partial charge in [0.15, 0.2) is 5.96 Å². The number of rotatable bonds is 8. The van der Waals surface area contributed by atoms with Gasteiger partial charge in [0.05, 0.1) is 6.10 Å². The summed E-state index contributed by atoms with van der Waals surface area (Å²) in [5, 5.41) is 6.41. The third-order valence-corrected chi connectivity index (χ3v) is 4.09. The molecule has 1 aromatic heterocycles. The van der Waals surface area contributed by atoms with Crippen LogP contribution < -0.4 is 10.6 Å². The summed E-state index contributed by atoms with van der Waals surface area (Å²) in [4.78, 5) is 22.6. The SMILES string of the molecule is CCNC(=NCC(=O)N(C)CCc1ccccn1)NCC1CCCO1.I. The average Bonchev–Trinajstić information content (AvgIpc) is 3.16. The van der Waals surface area contributed by atoms with Crippen LogP contribution in [0.4, 0.5) is 0 Å². The maximum atomic E-state index is 12.3. The minimum atomic E-state index is -0.00903. The Bertz CT molecular complexity index is 550. The van der Waals surface area contributed by atoms with Crippen molar-refractivity contribution in [2.75, 3.05) is 39.8 Å². The van der Waals surface area contributed by atoms with E-state index in [2.05, 4.69) is 20.6 Å². The summed E-state index contributed by atoms with van der Waals surface area (Å²) < 4.78 is 5.59. The molecule has 1 aliphatic rings. The largest absolute Gasteiger partial charge is 0.376 e. The van der Waals surface area contributed by atoms with Crippen LogP contribution in [0.3, 0.4) is 0 Å². The molecule has 0 saturated carbocycles. The molecule has 7 nitrogen and oxygen atoms in total. The van der Waals surface area contributed by atoms with Crippen molar-refractivity contribution in [3.8, 4) is 0 Å². The number of pyridine rings is 1. The molecule has 146 valence electrons. The second-order valence-corrected chi connectivity index (χ2v) is 6.10. The number of halogens is 1. The number of nitrogens with one attached hydrogen (secondary N) is 2. The highest BCUT2D eigenvalue weighted by molar-refractivity contribution is 14.0. The van der Waals surface area contributed by atoms with E-state index >= 15 is 0 Å². The van der Waals surface area contributed by atoms with Crippen LogP contribution in [-0.4, -0.2) is 67.7 Å². The molecule has 0 aromatic carbocycles. The van der Waals surface area contributed by atoms with Crippen molar-refractivity contribution < 1.29 is 9.53 Å². The molecule has 1 aromatic rings. The van der Waals surface area contributed by atoms with E-state index in [1.165, 1.54) is 0 Å². The maximum Gasteiger partial charge on any atom is 0.244 e. The first-order chi connectivity index (χ1) is 12.2. The Labute approximate surface area is 173 Å². The van der Waals surface area contributed by atoms with E-state index in [0.29, 0.717) is 12.5 Å². The minimum Gasteiger partial charge on any atom is -0.376 e. The van der Waals surface area contributed by atoms with E-state index < -0.39 is 0 Å². The number of hydrogen-bond acceptors (Lipinski definition) is 4. The van der Waals surface area contributed by atoms with Gasteiger partial charge in [-0.2, -0.15) is 0 Å². The Morgan fingerprint density at radius 3 is 2.92 bits per heavy atom. The number of ether oxygens (including phenoxy) is 1. The molecule has 0 spiro atoms. The molecule has 1 fully saturated rings. The van der Waals surface area contributed by atoms with Crippen molar-refractivity contribution in [2.24, 2.45) is 4.99 Å². The fraction of sp³-hybridized carbons (Fsp3) is 0.611. The monoisotopic (exact) mass is 475 g/mol. The predicted octanol–water partition coefficient (Wildman–Crippen LogP) is 1.43.